The number of halogens is 1. The van der Waals surface area contributed by atoms with Gasteiger partial charge in [-0.1, -0.05) is 17.3 Å². The van der Waals surface area contributed by atoms with Crippen molar-refractivity contribution in [2.24, 2.45) is 5.73 Å². The lowest BCUT2D eigenvalue weighted by atomic mass is 10.3. The van der Waals surface area contributed by atoms with E-state index in [0.29, 0.717) is 22.4 Å². The Morgan fingerprint density at radius 3 is 2.88 bits per heavy atom. The van der Waals surface area contributed by atoms with Gasteiger partial charge in [-0.25, -0.2) is 4.39 Å². The number of benzene rings is 1. The van der Waals surface area contributed by atoms with Crippen LogP contribution in [0.1, 0.15) is 24.7 Å². The van der Waals surface area contributed by atoms with E-state index in [0.717, 1.165) is 0 Å². The summed E-state index contributed by atoms with van der Waals surface area (Å²) in [5.74, 6) is 1.13. The average molecular weight is 253 g/mol. The molecule has 0 fully saturated rings. The van der Waals surface area contributed by atoms with E-state index in [1.54, 1.807) is 25.1 Å². The van der Waals surface area contributed by atoms with Gasteiger partial charge in [-0.2, -0.15) is 4.98 Å². The first-order chi connectivity index (χ1) is 8.16. The quantitative estimate of drug-likeness (QED) is 0.848. The van der Waals surface area contributed by atoms with E-state index in [9.17, 15) is 4.39 Å². The number of nitrogens with two attached hydrogens (primary N) is 1. The number of thioether (sulfide) groups is 1. The first kappa shape index (κ1) is 12.1. The number of hydrogen-bond acceptors (Lipinski definition) is 5. The van der Waals surface area contributed by atoms with Crippen LogP contribution in [0.3, 0.4) is 0 Å². The molecule has 1 atom stereocenters. The summed E-state index contributed by atoms with van der Waals surface area (Å²) in [5, 5.41) is 3.77. The van der Waals surface area contributed by atoms with Gasteiger partial charge in [0.25, 0.3) is 0 Å². The van der Waals surface area contributed by atoms with Crippen molar-refractivity contribution in [2.75, 3.05) is 0 Å². The SMILES string of the molecule is C[C@@H](N)c1nc(CSc2ccccc2F)no1. The Labute approximate surface area is 102 Å². The molecule has 2 N–H and O–H groups in total. The van der Waals surface area contributed by atoms with E-state index in [2.05, 4.69) is 10.1 Å². The fourth-order valence-electron chi connectivity index (χ4n) is 1.22. The minimum absolute atomic E-state index is 0.242. The van der Waals surface area contributed by atoms with Gasteiger partial charge in [-0.05, 0) is 19.1 Å². The molecule has 0 aliphatic carbocycles. The molecule has 0 saturated carbocycles. The lowest BCUT2D eigenvalue weighted by Crippen LogP contribution is -2.05. The third-order valence-corrected chi connectivity index (χ3v) is 3.11. The van der Waals surface area contributed by atoms with E-state index >= 15 is 0 Å². The zero-order valence-corrected chi connectivity index (χ0v) is 10.1. The molecule has 0 bridgehead atoms. The van der Waals surface area contributed by atoms with Crippen LogP contribution >= 0.6 is 11.8 Å². The van der Waals surface area contributed by atoms with Gasteiger partial charge in [0.05, 0.1) is 11.8 Å². The summed E-state index contributed by atoms with van der Waals surface area (Å²) in [6.07, 6.45) is 0. The molecule has 0 aliphatic heterocycles. The molecule has 0 amide bonds. The average Bonchev–Trinajstić information content (AvgIpc) is 2.77. The Bertz CT molecular complexity index is 501. The molecule has 2 aromatic rings. The predicted octanol–water partition coefficient (Wildman–Crippen LogP) is 2.52. The third kappa shape index (κ3) is 3.04. The Hall–Kier alpha value is -1.40. The van der Waals surface area contributed by atoms with Gasteiger partial charge in [0, 0.05) is 4.90 Å². The molecule has 0 unspecified atom stereocenters. The summed E-state index contributed by atoms with van der Waals surface area (Å²) in [6.45, 7) is 1.77. The maximum Gasteiger partial charge on any atom is 0.243 e. The van der Waals surface area contributed by atoms with Crippen molar-refractivity contribution < 1.29 is 8.91 Å². The molecule has 0 aliphatic rings. The van der Waals surface area contributed by atoms with Crippen molar-refractivity contribution in [1.82, 2.24) is 10.1 Å². The zero-order chi connectivity index (χ0) is 12.3. The third-order valence-electron chi connectivity index (χ3n) is 2.07. The lowest BCUT2D eigenvalue weighted by Gasteiger charge is -1.99. The Morgan fingerprint density at radius 1 is 1.47 bits per heavy atom. The molecule has 1 aromatic heterocycles. The van der Waals surface area contributed by atoms with Gasteiger partial charge in [0.1, 0.15) is 5.82 Å². The molecule has 0 saturated heterocycles. The second-order valence-electron chi connectivity index (χ2n) is 3.56. The molecule has 0 radical (unpaired) electrons. The van der Waals surface area contributed by atoms with E-state index in [1.165, 1.54) is 17.8 Å². The second-order valence-corrected chi connectivity index (χ2v) is 4.57. The van der Waals surface area contributed by atoms with Crippen LogP contribution in [0.2, 0.25) is 0 Å². The van der Waals surface area contributed by atoms with Gasteiger partial charge in [-0.15, -0.1) is 11.8 Å². The summed E-state index contributed by atoms with van der Waals surface area (Å²) in [5.41, 5.74) is 5.60. The van der Waals surface area contributed by atoms with Gasteiger partial charge in [0.2, 0.25) is 5.89 Å². The first-order valence-corrected chi connectivity index (χ1v) is 6.11. The fraction of sp³-hybridized carbons (Fsp3) is 0.273. The molecule has 1 aromatic carbocycles. The predicted molar refractivity (Wildman–Crippen MR) is 62.9 cm³/mol. The van der Waals surface area contributed by atoms with Crippen LogP contribution in [-0.4, -0.2) is 10.1 Å². The monoisotopic (exact) mass is 253 g/mol. The highest BCUT2D eigenvalue weighted by Gasteiger charge is 2.11. The molecule has 0 spiro atoms. The number of rotatable bonds is 4. The smallest absolute Gasteiger partial charge is 0.243 e. The van der Waals surface area contributed by atoms with Crippen molar-refractivity contribution in [3.63, 3.8) is 0 Å². The highest BCUT2D eigenvalue weighted by atomic mass is 32.2. The van der Waals surface area contributed by atoms with E-state index < -0.39 is 0 Å². The fourth-order valence-corrected chi connectivity index (χ4v) is 2.00. The van der Waals surface area contributed by atoms with E-state index in [1.807, 2.05) is 0 Å². The van der Waals surface area contributed by atoms with Gasteiger partial charge in [0.15, 0.2) is 5.82 Å². The molecule has 90 valence electrons. The molecular weight excluding hydrogens is 241 g/mol. The van der Waals surface area contributed by atoms with Crippen LogP contribution in [0.4, 0.5) is 4.39 Å². The van der Waals surface area contributed by atoms with Gasteiger partial charge in [-0.3, -0.25) is 0 Å². The van der Waals surface area contributed by atoms with Crippen LogP contribution in [0.25, 0.3) is 0 Å². The topological polar surface area (TPSA) is 64.9 Å². The van der Waals surface area contributed by atoms with E-state index in [-0.39, 0.29) is 11.9 Å². The summed E-state index contributed by atoms with van der Waals surface area (Å²) < 4.78 is 18.3. The summed E-state index contributed by atoms with van der Waals surface area (Å²) in [4.78, 5) is 4.68. The van der Waals surface area contributed by atoms with Crippen LogP contribution in [0.15, 0.2) is 33.7 Å². The molecule has 17 heavy (non-hydrogen) atoms. The van der Waals surface area contributed by atoms with Crippen molar-refractivity contribution in [3.05, 3.63) is 41.8 Å². The normalized spacial score (nSPS) is 12.6. The Morgan fingerprint density at radius 2 is 2.24 bits per heavy atom. The van der Waals surface area contributed by atoms with Crippen LogP contribution < -0.4 is 5.73 Å². The van der Waals surface area contributed by atoms with Gasteiger partial charge < -0.3 is 10.3 Å². The molecule has 1 heterocycles. The first-order valence-electron chi connectivity index (χ1n) is 5.12. The van der Waals surface area contributed by atoms with E-state index in [4.69, 9.17) is 10.3 Å². The summed E-state index contributed by atoms with van der Waals surface area (Å²) >= 11 is 1.32. The molecule has 6 heteroatoms. The van der Waals surface area contributed by atoms with Crippen molar-refractivity contribution >= 4 is 11.8 Å². The number of aromatic nitrogens is 2. The standard InChI is InChI=1S/C11H12FN3OS/c1-7(13)11-14-10(15-16-11)6-17-9-5-3-2-4-8(9)12/h2-5,7H,6,13H2,1H3/t7-/m1/s1. The number of hydrogen-bond donors (Lipinski definition) is 1. The second kappa shape index (κ2) is 5.29. The lowest BCUT2D eigenvalue weighted by molar-refractivity contribution is 0.358. The molecule has 2 rings (SSSR count). The summed E-state index contributed by atoms with van der Waals surface area (Å²) in [7, 11) is 0. The van der Waals surface area contributed by atoms with Crippen molar-refractivity contribution in [2.45, 2.75) is 23.6 Å². The minimum atomic E-state index is -0.283. The van der Waals surface area contributed by atoms with Crippen LogP contribution in [0, 0.1) is 5.82 Å². The maximum atomic E-state index is 13.3. The van der Waals surface area contributed by atoms with Crippen LogP contribution in [-0.2, 0) is 5.75 Å². The molecule has 4 nitrogen and oxygen atoms in total. The zero-order valence-electron chi connectivity index (χ0n) is 9.26. The van der Waals surface area contributed by atoms with Crippen molar-refractivity contribution in [3.8, 4) is 0 Å². The minimum Gasteiger partial charge on any atom is -0.338 e. The highest BCUT2D eigenvalue weighted by Crippen LogP contribution is 2.24. The summed E-state index contributed by atoms with van der Waals surface area (Å²) in [6, 6.07) is 6.30. The molecular formula is C11H12FN3OS. The Kier molecular flexibility index (Phi) is 3.75. The highest BCUT2D eigenvalue weighted by molar-refractivity contribution is 7.98. The van der Waals surface area contributed by atoms with Crippen LogP contribution in [0.5, 0.6) is 0 Å². The largest absolute Gasteiger partial charge is 0.338 e. The number of nitrogens with zero attached hydrogens (tertiary/aromatic N) is 2. The Balaban J connectivity index is 2.00. The van der Waals surface area contributed by atoms with Gasteiger partial charge >= 0.3 is 0 Å². The van der Waals surface area contributed by atoms with Crippen molar-refractivity contribution in [1.29, 1.82) is 0 Å². The maximum absolute atomic E-state index is 13.3.